The molecular weight excluding hydrogens is 318 g/mol. The van der Waals surface area contributed by atoms with Gasteiger partial charge in [-0.25, -0.2) is 4.98 Å². The van der Waals surface area contributed by atoms with E-state index in [0.29, 0.717) is 25.4 Å². The fourth-order valence-electron chi connectivity index (χ4n) is 3.34. The van der Waals surface area contributed by atoms with Crippen molar-refractivity contribution >= 4 is 22.6 Å². The molecule has 0 atom stereocenters. The molecule has 130 valence electrons. The van der Waals surface area contributed by atoms with Gasteiger partial charge in [-0.1, -0.05) is 0 Å². The zero-order chi connectivity index (χ0) is 17.4. The maximum atomic E-state index is 12.3. The van der Waals surface area contributed by atoms with Crippen LogP contribution in [0.15, 0.2) is 41.0 Å². The van der Waals surface area contributed by atoms with Gasteiger partial charge < -0.3 is 24.5 Å². The summed E-state index contributed by atoms with van der Waals surface area (Å²) in [7, 11) is 1.98. The van der Waals surface area contributed by atoms with E-state index in [2.05, 4.69) is 28.1 Å². The Labute approximate surface area is 145 Å². The normalized spacial score (nSPS) is 15.1. The molecule has 1 amide bonds. The zero-order valence-electron chi connectivity index (χ0n) is 14.2. The first-order chi connectivity index (χ1) is 12.2. The first-order valence-electron chi connectivity index (χ1n) is 8.40. The number of nitrogens with zero attached hydrogens (tertiary/aromatic N) is 4. The van der Waals surface area contributed by atoms with Gasteiger partial charge in [-0.2, -0.15) is 0 Å². The van der Waals surface area contributed by atoms with Gasteiger partial charge in [0.25, 0.3) is 5.91 Å². The number of furan rings is 1. The van der Waals surface area contributed by atoms with Gasteiger partial charge in [0.15, 0.2) is 5.76 Å². The summed E-state index contributed by atoms with van der Waals surface area (Å²) in [5.74, 6) is 1.23. The molecule has 1 aromatic carbocycles. The molecule has 0 spiro atoms. The number of imidazole rings is 1. The maximum absolute atomic E-state index is 12.3. The number of nitrogens with two attached hydrogens (primary N) is 1. The number of amides is 1. The van der Waals surface area contributed by atoms with E-state index in [1.54, 1.807) is 12.1 Å². The highest BCUT2D eigenvalue weighted by Crippen LogP contribution is 2.23. The number of benzene rings is 1. The number of hydrogen-bond acceptors (Lipinski definition) is 5. The summed E-state index contributed by atoms with van der Waals surface area (Å²) in [4.78, 5) is 21.1. The second-order valence-corrected chi connectivity index (χ2v) is 6.22. The first-order valence-corrected chi connectivity index (χ1v) is 8.40. The summed E-state index contributed by atoms with van der Waals surface area (Å²) in [6.45, 7) is 3.35. The highest BCUT2D eigenvalue weighted by atomic mass is 16.3. The van der Waals surface area contributed by atoms with Crippen LogP contribution in [0.1, 0.15) is 16.4 Å². The van der Waals surface area contributed by atoms with E-state index in [1.165, 1.54) is 6.26 Å². The Morgan fingerprint density at radius 2 is 2.04 bits per heavy atom. The standard InChI is InChI=1S/C18H21N5O2/c1-21-15-5-4-13(11-14(15)20-17(21)12-19)22-6-8-23(9-7-22)18(24)16-3-2-10-25-16/h2-5,10-11H,6-9,12,19H2,1H3. The van der Waals surface area contributed by atoms with Crippen molar-refractivity contribution in [2.24, 2.45) is 12.8 Å². The first kappa shape index (κ1) is 15.7. The van der Waals surface area contributed by atoms with Gasteiger partial charge >= 0.3 is 0 Å². The Kier molecular flexibility index (Phi) is 3.93. The van der Waals surface area contributed by atoms with Crippen LogP contribution in [0, 0.1) is 0 Å². The summed E-state index contributed by atoms with van der Waals surface area (Å²) < 4.78 is 7.23. The lowest BCUT2D eigenvalue weighted by Gasteiger charge is -2.35. The Hall–Kier alpha value is -2.80. The molecule has 1 saturated heterocycles. The maximum Gasteiger partial charge on any atom is 0.289 e. The van der Waals surface area contributed by atoms with E-state index in [1.807, 2.05) is 16.5 Å². The van der Waals surface area contributed by atoms with Crippen LogP contribution in [0.5, 0.6) is 0 Å². The Morgan fingerprint density at radius 3 is 2.72 bits per heavy atom. The number of carbonyl (C=O) groups is 1. The van der Waals surface area contributed by atoms with Gasteiger partial charge in [-0.05, 0) is 30.3 Å². The Morgan fingerprint density at radius 1 is 1.24 bits per heavy atom. The minimum atomic E-state index is -0.0441. The summed E-state index contributed by atoms with van der Waals surface area (Å²) in [6.07, 6.45) is 1.53. The predicted octanol–water partition coefficient (Wildman–Crippen LogP) is 1.59. The van der Waals surface area contributed by atoms with Crippen LogP contribution in [0.4, 0.5) is 5.69 Å². The number of carbonyl (C=O) groups excluding carboxylic acids is 1. The monoisotopic (exact) mass is 339 g/mol. The quantitative estimate of drug-likeness (QED) is 0.784. The summed E-state index contributed by atoms with van der Waals surface area (Å²) >= 11 is 0. The molecular formula is C18H21N5O2. The van der Waals surface area contributed by atoms with Crippen LogP contribution >= 0.6 is 0 Å². The molecule has 7 nitrogen and oxygen atoms in total. The summed E-state index contributed by atoms with van der Waals surface area (Å²) in [5, 5.41) is 0. The van der Waals surface area contributed by atoms with E-state index < -0.39 is 0 Å². The van der Waals surface area contributed by atoms with E-state index in [0.717, 1.165) is 35.6 Å². The topological polar surface area (TPSA) is 80.5 Å². The molecule has 1 aliphatic heterocycles. The minimum absolute atomic E-state index is 0.0441. The van der Waals surface area contributed by atoms with Crippen LogP contribution in [0.25, 0.3) is 11.0 Å². The predicted molar refractivity (Wildman–Crippen MR) is 95.4 cm³/mol. The second kappa shape index (κ2) is 6.25. The fourth-order valence-corrected chi connectivity index (χ4v) is 3.34. The lowest BCUT2D eigenvalue weighted by molar-refractivity contribution is 0.0714. The summed E-state index contributed by atoms with van der Waals surface area (Å²) in [6, 6.07) is 9.73. The van der Waals surface area contributed by atoms with Crippen LogP contribution in [0.3, 0.4) is 0 Å². The SMILES string of the molecule is Cn1c(CN)nc2cc(N3CCN(C(=O)c4ccco4)CC3)ccc21. The molecule has 1 aliphatic rings. The second-order valence-electron chi connectivity index (χ2n) is 6.22. The van der Waals surface area contributed by atoms with Gasteiger partial charge in [-0.15, -0.1) is 0 Å². The van der Waals surface area contributed by atoms with Crippen LogP contribution in [-0.2, 0) is 13.6 Å². The van der Waals surface area contributed by atoms with Crippen LogP contribution in [0.2, 0.25) is 0 Å². The van der Waals surface area contributed by atoms with Gasteiger partial charge in [0.2, 0.25) is 0 Å². The smallest absolute Gasteiger partial charge is 0.289 e. The molecule has 0 bridgehead atoms. The van der Waals surface area contributed by atoms with Crippen molar-refractivity contribution in [1.82, 2.24) is 14.5 Å². The highest BCUT2D eigenvalue weighted by Gasteiger charge is 2.24. The molecule has 0 aliphatic carbocycles. The van der Waals surface area contributed by atoms with E-state index in [9.17, 15) is 4.79 Å². The van der Waals surface area contributed by atoms with Crippen molar-refractivity contribution in [1.29, 1.82) is 0 Å². The number of anilines is 1. The molecule has 7 heteroatoms. The number of hydrogen-bond donors (Lipinski definition) is 1. The van der Waals surface area contributed by atoms with Gasteiger partial charge in [0, 0.05) is 38.9 Å². The van der Waals surface area contributed by atoms with Crippen molar-refractivity contribution in [3.63, 3.8) is 0 Å². The molecule has 0 radical (unpaired) electrons. The fraction of sp³-hybridized carbons (Fsp3) is 0.333. The third-order valence-electron chi connectivity index (χ3n) is 4.80. The Balaban J connectivity index is 1.49. The van der Waals surface area contributed by atoms with E-state index >= 15 is 0 Å². The third-order valence-corrected chi connectivity index (χ3v) is 4.80. The van der Waals surface area contributed by atoms with Gasteiger partial charge in [0.05, 0.1) is 23.8 Å². The highest BCUT2D eigenvalue weighted by molar-refractivity contribution is 5.91. The molecule has 0 unspecified atom stereocenters. The summed E-state index contributed by atoms with van der Waals surface area (Å²) in [5.41, 5.74) is 8.90. The number of piperazine rings is 1. The van der Waals surface area contributed by atoms with Crippen molar-refractivity contribution in [3.05, 3.63) is 48.2 Å². The van der Waals surface area contributed by atoms with E-state index in [4.69, 9.17) is 10.2 Å². The largest absolute Gasteiger partial charge is 0.459 e. The van der Waals surface area contributed by atoms with Crippen LogP contribution in [-0.4, -0.2) is 46.5 Å². The van der Waals surface area contributed by atoms with Gasteiger partial charge in [0.1, 0.15) is 5.82 Å². The van der Waals surface area contributed by atoms with Crippen molar-refractivity contribution < 1.29 is 9.21 Å². The molecule has 2 aromatic heterocycles. The molecule has 3 heterocycles. The number of aryl methyl sites for hydroxylation is 1. The lowest BCUT2D eigenvalue weighted by atomic mass is 10.2. The Bertz CT molecular complexity index is 892. The molecule has 1 fully saturated rings. The molecule has 4 rings (SSSR count). The van der Waals surface area contributed by atoms with Crippen LogP contribution < -0.4 is 10.6 Å². The lowest BCUT2D eigenvalue weighted by Crippen LogP contribution is -2.48. The number of fused-ring (bicyclic) bond motifs is 1. The molecule has 25 heavy (non-hydrogen) atoms. The molecule has 0 saturated carbocycles. The average Bonchev–Trinajstić information content (AvgIpc) is 3.29. The minimum Gasteiger partial charge on any atom is -0.459 e. The third kappa shape index (κ3) is 2.76. The number of aromatic nitrogens is 2. The van der Waals surface area contributed by atoms with Crippen molar-refractivity contribution in [3.8, 4) is 0 Å². The van der Waals surface area contributed by atoms with Crippen molar-refractivity contribution in [2.75, 3.05) is 31.1 Å². The van der Waals surface area contributed by atoms with Gasteiger partial charge in [-0.3, -0.25) is 4.79 Å². The molecule has 3 aromatic rings. The van der Waals surface area contributed by atoms with Crippen molar-refractivity contribution in [2.45, 2.75) is 6.54 Å². The molecule has 2 N–H and O–H groups in total. The van der Waals surface area contributed by atoms with E-state index in [-0.39, 0.29) is 5.91 Å². The zero-order valence-corrected chi connectivity index (χ0v) is 14.2. The average molecular weight is 339 g/mol. The number of rotatable bonds is 3.